The van der Waals surface area contributed by atoms with Crippen LogP contribution < -0.4 is 16.2 Å². The van der Waals surface area contributed by atoms with E-state index in [1.165, 1.54) is 24.3 Å². The number of carbonyl (C=O) groups excluding carboxylic acids is 1. The van der Waals surface area contributed by atoms with Gasteiger partial charge in [-0.2, -0.15) is 0 Å². The van der Waals surface area contributed by atoms with Gasteiger partial charge in [0.05, 0.1) is 0 Å². The maximum Gasteiger partial charge on any atom is 0.258 e. The number of hydrogen-bond donors (Lipinski definition) is 2. The zero-order valence-electron chi connectivity index (χ0n) is 10.6. The Kier molecular flexibility index (Phi) is 3.90. The van der Waals surface area contributed by atoms with Crippen molar-refractivity contribution in [3.8, 4) is 0 Å². The van der Waals surface area contributed by atoms with E-state index < -0.39 is 23.2 Å². The highest BCUT2D eigenvalue weighted by Gasteiger charge is 2.18. The Morgan fingerprint density at radius 1 is 1.25 bits per heavy atom. The van der Waals surface area contributed by atoms with E-state index in [0.717, 1.165) is 12.1 Å². The van der Waals surface area contributed by atoms with Gasteiger partial charge in [-0.3, -0.25) is 15.6 Å². The summed E-state index contributed by atoms with van der Waals surface area (Å²) in [6, 6.07) is 5.08. The minimum absolute atomic E-state index is 0.113. The molecule has 20 heavy (non-hydrogen) atoms. The molecule has 0 spiro atoms. The van der Waals surface area contributed by atoms with Crippen LogP contribution in [0.25, 0.3) is 0 Å². The number of carbonyl (C=O) groups is 1. The van der Waals surface area contributed by atoms with Gasteiger partial charge >= 0.3 is 0 Å². The lowest BCUT2D eigenvalue weighted by Gasteiger charge is -2.17. The summed E-state index contributed by atoms with van der Waals surface area (Å²) < 4.78 is 27.1. The van der Waals surface area contributed by atoms with Crippen molar-refractivity contribution in [1.82, 2.24) is 4.98 Å². The van der Waals surface area contributed by atoms with Crippen LogP contribution in [0.4, 0.5) is 20.2 Å². The van der Waals surface area contributed by atoms with Crippen molar-refractivity contribution < 1.29 is 13.6 Å². The average Bonchev–Trinajstić information content (AvgIpc) is 2.46. The molecule has 5 nitrogen and oxygen atoms in total. The second kappa shape index (κ2) is 5.62. The van der Waals surface area contributed by atoms with Crippen molar-refractivity contribution in [3.05, 3.63) is 53.9 Å². The third-order valence-corrected chi connectivity index (χ3v) is 2.79. The van der Waals surface area contributed by atoms with Crippen molar-refractivity contribution >= 4 is 17.3 Å². The number of nitrogen functional groups attached to an aromatic ring is 1. The Balaban J connectivity index is 2.35. The zero-order chi connectivity index (χ0) is 14.7. The number of aromatic nitrogens is 1. The van der Waals surface area contributed by atoms with Crippen LogP contribution in [0.15, 0.2) is 36.7 Å². The number of nitrogens with two attached hydrogens (primary N) is 1. The molecule has 0 saturated carbocycles. The van der Waals surface area contributed by atoms with Gasteiger partial charge in [-0.05, 0) is 24.3 Å². The van der Waals surface area contributed by atoms with Crippen molar-refractivity contribution in [1.29, 1.82) is 0 Å². The maximum absolute atomic E-state index is 13.6. The minimum atomic E-state index is -0.932. The topological polar surface area (TPSA) is 71.2 Å². The summed E-state index contributed by atoms with van der Waals surface area (Å²) in [5, 5.41) is 0. The zero-order valence-corrected chi connectivity index (χ0v) is 10.6. The lowest BCUT2D eigenvalue weighted by Crippen LogP contribution is -2.26. The van der Waals surface area contributed by atoms with E-state index >= 15 is 0 Å². The first-order valence-corrected chi connectivity index (χ1v) is 5.68. The Morgan fingerprint density at radius 2 is 1.80 bits per heavy atom. The van der Waals surface area contributed by atoms with Gasteiger partial charge in [-0.1, -0.05) is 0 Å². The molecule has 0 atom stereocenters. The lowest BCUT2D eigenvalue weighted by atomic mass is 10.1. The molecule has 3 N–H and O–H groups in total. The number of halogens is 2. The maximum atomic E-state index is 13.6. The summed E-state index contributed by atoms with van der Waals surface area (Å²) >= 11 is 0. The number of nitrogens with one attached hydrogen (secondary N) is 1. The van der Waals surface area contributed by atoms with Crippen LogP contribution in [-0.2, 0) is 0 Å². The highest BCUT2D eigenvalue weighted by atomic mass is 19.1. The van der Waals surface area contributed by atoms with Crippen LogP contribution in [0.5, 0.6) is 0 Å². The van der Waals surface area contributed by atoms with Gasteiger partial charge in [0.1, 0.15) is 5.69 Å². The number of benzene rings is 1. The highest BCUT2D eigenvalue weighted by molar-refractivity contribution is 6.05. The average molecular weight is 278 g/mol. The van der Waals surface area contributed by atoms with E-state index in [4.69, 9.17) is 5.84 Å². The number of anilines is 2. The summed E-state index contributed by atoms with van der Waals surface area (Å²) in [5.74, 6) is 2.59. The Labute approximate surface area is 114 Å². The molecule has 0 fully saturated rings. The number of hydrazine groups is 1. The fourth-order valence-corrected chi connectivity index (χ4v) is 1.71. The molecule has 1 amide bonds. The molecule has 2 aromatic rings. The molecule has 0 unspecified atom stereocenters. The van der Waals surface area contributed by atoms with E-state index in [2.05, 4.69) is 4.98 Å². The molecule has 0 radical (unpaired) electrons. The lowest BCUT2D eigenvalue weighted by molar-refractivity contribution is 0.0992. The molecular formula is C13H12F2N4O. The number of pyridine rings is 1. The number of rotatable bonds is 3. The summed E-state index contributed by atoms with van der Waals surface area (Å²) in [6.07, 6.45) is 3.03. The van der Waals surface area contributed by atoms with E-state index in [9.17, 15) is 13.6 Å². The van der Waals surface area contributed by atoms with Crippen molar-refractivity contribution in [2.24, 2.45) is 5.84 Å². The minimum Gasteiger partial charge on any atom is -0.319 e. The molecule has 1 aromatic heterocycles. The largest absolute Gasteiger partial charge is 0.319 e. The predicted octanol–water partition coefficient (Wildman–Crippen LogP) is 1.92. The smallest absolute Gasteiger partial charge is 0.258 e. The van der Waals surface area contributed by atoms with Gasteiger partial charge in [0.2, 0.25) is 0 Å². The SMILES string of the molecule is CN(C(=O)c1cc(F)c(NN)c(F)c1)c1ccncc1. The first kappa shape index (κ1) is 13.9. The molecular weight excluding hydrogens is 266 g/mol. The van der Waals surface area contributed by atoms with E-state index in [1.54, 1.807) is 12.1 Å². The molecule has 2 rings (SSSR count). The number of amides is 1. The molecule has 0 bridgehead atoms. The first-order chi connectivity index (χ1) is 9.54. The van der Waals surface area contributed by atoms with Crippen LogP contribution in [0.3, 0.4) is 0 Å². The fraction of sp³-hybridized carbons (Fsp3) is 0.0769. The molecule has 0 aliphatic heterocycles. The summed E-state index contributed by atoms with van der Waals surface area (Å²) in [7, 11) is 1.50. The third-order valence-electron chi connectivity index (χ3n) is 2.79. The molecule has 1 aromatic carbocycles. The molecule has 7 heteroatoms. The van der Waals surface area contributed by atoms with Gasteiger partial charge in [-0.15, -0.1) is 0 Å². The van der Waals surface area contributed by atoms with Crippen LogP contribution in [0, 0.1) is 11.6 Å². The quantitative estimate of drug-likeness (QED) is 0.664. The van der Waals surface area contributed by atoms with Gasteiger partial charge < -0.3 is 10.3 Å². The third kappa shape index (κ3) is 2.57. The fourth-order valence-electron chi connectivity index (χ4n) is 1.71. The van der Waals surface area contributed by atoms with Gasteiger partial charge in [0.15, 0.2) is 11.6 Å². The monoisotopic (exact) mass is 278 g/mol. The summed E-state index contributed by atoms with van der Waals surface area (Å²) in [5.41, 5.74) is 1.88. The summed E-state index contributed by atoms with van der Waals surface area (Å²) in [6.45, 7) is 0. The molecule has 0 saturated heterocycles. The van der Waals surface area contributed by atoms with E-state index in [-0.39, 0.29) is 5.56 Å². The molecule has 1 heterocycles. The van der Waals surface area contributed by atoms with Crippen LogP contribution in [-0.4, -0.2) is 17.9 Å². The van der Waals surface area contributed by atoms with Crippen molar-refractivity contribution in [2.75, 3.05) is 17.4 Å². The van der Waals surface area contributed by atoms with Crippen molar-refractivity contribution in [2.45, 2.75) is 0 Å². The van der Waals surface area contributed by atoms with Crippen molar-refractivity contribution in [3.63, 3.8) is 0 Å². The van der Waals surface area contributed by atoms with E-state index in [0.29, 0.717) is 5.69 Å². The van der Waals surface area contributed by atoms with Gasteiger partial charge in [-0.25, -0.2) is 8.78 Å². The van der Waals surface area contributed by atoms with Crippen LogP contribution in [0.2, 0.25) is 0 Å². The Hall–Kier alpha value is -2.54. The first-order valence-electron chi connectivity index (χ1n) is 5.68. The standard InChI is InChI=1S/C13H12F2N4O/c1-19(9-2-4-17-5-3-9)13(20)8-6-10(14)12(18-16)11(15)7-8/h2-7,18H,16H2,1H3. The Morgan fingerprint density at radius 3 is 2.30 bits per heavy atom. The predicted molar refractivity (Wildman–Crippen MR) is 71.1 cm³/mol. The molecule has 104 valence electrons. The normalized spacial score (nSPS) is 10.2. The Bertz CT molecular complexity index is 611. The number of nitrogens with zero attached hydrogens (tertiary/aromatic N) is 2. The second-order valence-electron chi connectivity index (χ2n) is 4.03. The van der Waals surface area contributed by atoms with E-state index in [1.807, 2.05) is 5.43 Å². The molecule has 0 aliphatic carbocycles. The van der Waals surface area contributed by atoms with Crippen LogP contribution in [0.1, 0.15) is 10.4 Å². The highest BCUT2D eigenvalue weighted by Crippen LogP contribution is 2.22. The van der Waals surface area contributed by atoms with Gasteiger partial charge in [0.25, 0.3) is 5.91 Å². The summed E-state index contributed by atoms with van der Waals surface area (Å²) in [4.78, 5) is 17.3. The number of hydrogen-bond acceptors (Lipinski definition) is 4. The van der Waals surface area contributed by atoms with Gasteiger partial charge in [0, 0.05) is 30.7 Å². The second-order valence-corrected chi connectivity index (χ2v) is 4.03. The molecule has 0 aliphatic rings. The van der Waals surface area contributed by atoms with Crippen LogP contribution >= 0.6 is 0 Å².